The van der Waals surface area contributed by atoms with Gasteiger partial charge in [0, 0.05) is 12.6 Å². The van der Waals surface area contributed by atoms with Crippen LogP contribution in [0.4, 0.5) is 0 Å². The second kappa shape index (κ2) is 6.73. The van der Waals surface area contributed by atoms with Gasteiger partial charge in [-0.1, -0.05) is 45.0 Å². The molecule has 0 aromatic heterocycles. The molecule has 0 saturated heterocycles. The van der Waals surface area contributed by atoms with E-state index in [2.05, 4.69) is 49.9 Å². The predicted octanol–water partition coefficient (Wildman–Crippen LogP) is 3.59. The quantitative estimate of drug-likeness (QED) is 0.909. The molecule has 0 radical (unpaired) electrons. The van der Waals surface area contributed by atoms with Crippen LogP contribution in [0.25, 0.3) is 0 Å². The molecule has 1 unspecified atom stereocenters. The molecule has 2 N–H and O–H groups in total. The fraction of sp³-hybridized carbons (Fsp3) is 0.667. The zero-order chi connectivity index (χ0) is 14.6. The molecule has 2 rings (SSSR count). The first-order valence-electron chi connectivity index (χ1n) is 7.99. The predicted molar refractivity (Wildman–Crippen MR) is 86.7 cm³/mol. The van der Waals surface area contributed by atoms with Gasteiger partial charge in [-0.2, -0.15) is 0 Å². The lowest BCUT2D eigenvalue weighted by Crippen LogP contribution is -2.32. The molecule has 0 amide bonds. The van der Waals surface area contributed by atoms with Crippen LogP contribution in [0.1, 0.15) is 51.2 Å². The van der Waals surface area contributed by atoms with Gasteiger partial charge in [0.2, 0.25) is 0 Å². The first-order chi connectivity index (χ1) is 9.44. The van der Waals surface area contributed by atoms with Crippen molar-refractivity contribution >= 4 is 0 Å². The minimum atomic E-state index is 0.327. The zero-order valence-electron chi connectivity index (χ0n) is 13.4. The van der Waals surface area contributed by atoms with E-state index in [1.807, 2.05) is 0 Å². The summed E-state index contributed by atoms with van der Waals surface area (Å²) in [7, 11) is 0. The third-order valence-corrected chi connectivity index (χ3v) is 4.12. The Morgan fingerprint density at radius 3 is 2.60 bits per heavy atom. The maximum Gasteiger partial charge on any atom is 0.0236 e. The first-order valence-corrected chi connectivity index (χ1v) is 7.99. The summed E-state index contributed by atoms with van der Waals surface area (Å²) in [5, 5.41) is 0. The van der Waals surface area contributed by atoms with Gasteiger partial charge in [0.1, 0.15) is 0 Å². The average molecular weight is 274 g/mol. The van der Waals surface area contributed by atoms with E-state index in [0.717, 1.165) is 25.9 Å². The van der Waals surface area contributed by atoms with Gasteiger partial charge in [0.15, 0.2) is 0 Å². The number of aryl methyl sites for hydroxylation is 1. The van der Waals surface area contributed by atoms with Crippen LogP contribution in [0, 0.1) is 5.41 Å². The fourth-order valence-electron chi connectivity index (χ4n) is 3.20. The highest BCUT2D eigenvalue weighted by molar-refractivity contribution is 5.27. The highest BCUT2D eigenvalue weighted by atomic mass is 15.1. The van der Waals surface area contributed by atoms with Gasteiger partial charge in [-0.3, -0.25) is 4.90 Å². The molecule has 0 aliphatic carbocycles. The lowest BCUT2D eigenvalue weighted by Gasteiger charge is -2.26. The van der Waals surface area contributed by atoms with Crippen molar-refractivity contribution in [2.45, 2.75) is 59.0 Å². The molecule has 0 saturated carbocycles. The molecule has 1 aromatic carbocycles. The Labute approximate surface area is 124 Å². The highest BCUT2D eigenvalue weighted by Crippen LogP contribution is 2.22. The van der Waals surface area contributed by atoms with E-state index in [-0.39, 0.29) is 0 Å². The third kappa shape index (κ3) is 4.92. The Bertz CT molecular complexity index is 420. The number of fused-ring (bicyclic) bond motifs is 1. The van der Waals surface area contributed by atoms with Gasteiger partial charge < -0.3 is 5.73 Å². The van der Waals surface area contributed by atoms with Gasteiger partial charge in [0.05, 0.1) is 0 Å². The molecule has 1 aliphatic rings. The number of rotatable bonds is 4. The maximum atomic E-state index is 6.28. The maximum absolute atomic E-state index is 6.28. The zero-order valence-corrected chi connectivity index (χ0v) is 13.4. The molecule has 1 heterocycles. The van der Waals surface area contributed by atoms with Crippen molar-refractivity contribution in [3.63, 3.8) is 0 Å². The number of hydrogen-bond donors (Lipinski definition) is 1. The molecule has 0 fully saturated rings. The van der Waals surface area contributed by atoms with Crippen molar-refractivity contribution in [2.75, 3.05) is 13.1 Å². The van der Waals surface area contributed by atoms with Gasteiger partial charge in [-0.15, -0.1) is 0 Å². The van der Waals surface area contributed by atoms with Crippen LogP contribution in [0.15, 0.2) is 24.3 Å². The van der Waals surface area contributed by atoms with Crippen LogP contribution in [0.5, 0.6) is 0 Å². The van der Waals surface area contributed by atoms with Crippen molar-refractivity contribution in [3.8, 4) is 0 Å². The lowest BCUT2D eigenvalue weighted by atomic mass is 9.87. The third-order valence-electron chi connectivity index (χ3n) is 4.12. The summed E-state index contributed by atoms with van der Waals surface area (Å²) in [5.41, 5.74) is 9.67. The van der Waals surface area contributed by atoms with E-state index < -0.39 is 0 Å². The van der Waals surface area contributed by atoms with Crippen molar-refractivity contribution in [3.05, 3.63) is 35.4 Å². The Kier molecular flexibility index (Phi) is 5.22. The molecule has 0 bridgehead atoms. The average Bonchev–Trinajstić information content (AvgIpc) is 2.56. The van der Waals surface area contributed by atoms with Crippen molar-refractivity contribution in [1.82, 2.24) is 4.90 Å². The number of nitrogens with zero attached hydrogens (tertiary/aromatic N) is 1. The van der Waals surface area contributed by atoms with E-state index in [4.69, 9.17) is 5.73 Å². The molecule has 1 aromatic rings. The molecule has 2 heteroatoms. The SMILES string of the molecule is CC(C)(C)CC(N)CCN1CCCc2ccccc2C1. The van der Waals surface area contributed by atoms with Crippen molar-refractivity contribution < 1.29 is 0 Å². The summed E-state index contributed by atoms with van der Waals surface area (Å²) in [6, 6.07) is 9.21. The smallest absolute Gasteiger partial charge is 0.0236 e. The van der Waals surface area contributed by atoms with Crippen LogP contribution in [0.2, 0.25) is 0 Å². The molecular formula is C18H30N2. The Balaban J connectivity index is 1.85. The van der Waals surface area contributed by atoms with Crippen molar-refractivity contribution in [1.29, 1.82) is 0 Å². The normalized spacial score (nSPS) is 18.4. The van der Waals surface area contributed by atoms with Gasteiger partial charge in [-0.25, -0.2) is 0 Å². The van der Waals surface area contributed by atoms with Crippen molar-refractivity contribution in [2.24, 2.45) is 11.1 Å². The van der Waals surface area contributed by atoms with Crippen LogP contribution in [-0.2, 0) is 13.0 Å². The summed E-state index contributed by atoms with van der Waals surface area (Å²) >= 11 is 0. The summed E-state index contributed by atoms with van der Waals surface area (Å²) in [6.07, 6.45) is 4.71. The summed E-state index contributed by atoms with van der Waals surface area (Å²) in [4.78, 5) is 2.58. The topological polar surface area (TPSA) is 29.3 Å². The minimum absolute atomic E-state index is 0.327. The number of benzene rings is 1. The van der Waals surface area contributed by atoms with E-state index in [9.17, 15) is 0 Å². The molecule has 0 spiro atoms. The second-order valence-corrected chi connectivity index (χ2v) is 7.46. The van der Waals surface area contributed by atoms with E-state index in [1.54, 1.807) is 0 Å². The van der Waals surface area contributed by atoms with E-state index in [1.165, 1.54) is 30.5 Å². The minimum Gasteiger partial charge on any atom is -0.328 e. The number of hydrogen-bond acceptors (Lipinski definition) is 2. The first kappa shape index (κ1) is 15.5. The molecule has 1 atom stereocenters. The fourth-order valence-corrected chi connectivity index (χ4v) is 3.20. The van der Waals surface area contributed by atoms with Crippen LogP contribution < -0.4 is 5.73 Å². The lowest BCUT2D eigenvalue weighted by molar-refractivity contribution is 0.243. The van der Waals surface area contributed by atoms with Crippen LogP contribution in [0.3, 0.4) is 0 Å². The summed E-state index contributed by atoms with van der Waals surface area (Å²) in [6.45, 7) is 10.3. The van der Waals surface area contributed by atoms with Crippen LogP contribution >= 0.6 is 0 Å². The monoisotopic (exact) mass is 274 g/mol. The summed E-state index contributed by atoms with van der Waals surface area (Å²) < 4.78 is 0. The van der Waals surface area contributed by atoms with Gasteiger partial charge in [-0.05, 0) is 55.3 Å². The Hall–Kier alpha value is -0.860. The highest BCUT2D eigenvalue weighted by Gasteiger charge is 2.18. The number of nitrogens with two attached hydrogens (primary N) is 1. The molecule has 2 nitrogen and oxygen atoms in total. The Morgan fingerprint density at radius 2 is 1.90 bits per heavy atom. The standard InChI is InChI=1S/C18H30N2/c1-18(2,3)13-17(19)10-12-20-11-6-9-15-7-4-5-8-16(15)14-20/h4-5,7-8,17H,6,9-14,19H2,1-3H3. The van der Waals surface area contributed by atoms with Crippen LogP contribution in [-0.4, -0.2) is 24.0 Å². The molecule has 20 heavy (non-hydrogen) atoms. The Morgan fingerprint density at radius 1 is 1.20 bits per heavy atom. The van der Waals surface area contributed by atoms with Gasteiger partial charge >= 0.3 is 0 Å². The molecule has 112 valence electrons. The van der Waals surface area contributed by atoms with Gasteiger partial charge in [0.25, 0.3) is 0 Å². The molecule has 1 aliphatic heterocycles. The van der Waals surface area contributed by atoms with E-state index >= 15 is 0 Å². The molecular weight excluding hydrogens is 244 g/mol. The second-order valence-electron chi connectivity index (χ2n) is 7.46. The largest absolute Gasteiger partial charge is 0.328 e. The van der Waals surface area contributed by atoms with E-state index in [0.29, 0.717) is 11.5 Å². The summed E-state index contributed by atoms with van der Waals surface area (Å²) in [5.74, 6) is 0.